The van der Waals surface area contributed by atoms with Gasteiger partial charge in [-0.1, -0.05) is 0 Å². The number of aromatic nitrogens is 1. The summed E-state index contributed by atoms with van der Waals surface area (Å²) in [4.78, 5) is 16.1. The molecule has 0 bridgehead atoms. The van der Waals surface area contributed by atoms with E-state index in [1.807, 2.05) is 26.2 Å². The van der Waals surface area contributed by atoms with E-state index >= 15 is 0 Å². The lowest BCUT2D eigenvalue weighted by molar-refractivity contribution is -0.903. The maximum absolute atomic E-state index is 11.9. The van der Waals surface area contributed by atoms with E-state index in [1.165, 1.54) is 11.3 Å². The maximum atomic E-state index is 11.9. The van der Waals surface area contributed by atoms with Gasteiger partial charge in [-0.25, -0.2) is 9.47 Å². The Bertz CT molecular complexity index is 483. The van der Waals surface area contributed by atoms with Crippen LogP contribution in [0.5, 0.6) is 0 Å². The summed E-state index contributed by atoms with van der Waals surface area (Å²) in [5.74, 6) is 0. The van der Waals surface area contributed by atoms with Gasteiger partial charge in [0, 0.05) is 24.4 Å². The molecule has 2 rings (SSSR count). The number of hydrogen-bond donors (Lipinski definition) is 2. The summed E-state index contributed by atoms with van der Waals surface area (Å²) in [6.45, 7) is 6.83. The molecule has 1 aromatic heterocycles. The molecule has 0 radical (unpaired) electrons. The molecule has 2 N–H and O–H groups in total. The van der Waals surface area contributed by atoms with Gasteiger partial charge in [0.25, 0.3) is 0 Å². The molecule has 0 saturated carbocycles. The van der Waals surface area contributed by atoms with Gasteiger partial charge in [-0.05, 0) is 27.2 Å². The smallest absolute Gasteiger partial charge is 0.435 e. The summed E-state index contributed by atoms with van der Waals surface area (Å²) >= 11 is 1.44. The van der Waals surface area contributed by atoms with Crippen molar-refractivity contribution in [1.29, 1.82) is 0 Å². The molecule has 2 atom stereocenters. The van der Waals surface area contributed by atoms with Crippen molar-refractivity contribution in [3.8, 4) is 0 Å². The Morgan fingerprint density at radius 1 is 1.40 bits per heavy atom. The van der Waals surface area contributed by atoms with Gasteiger partial charge in [0.05, 0.1) is 13.1 Å². The zero-order valence-electron chi connectivity index (χ0n) is 12.3. The van der Waals surface area contributed by atoms with Gasteiger partial charge in [-0.2, -0.15) is 4.79 Å². The standard InChI is InChI=1S/C14H22N2O3S/c1-13(2,3)16(12(17)18)8-4-5-14(19,6-9-16)11-15-7-10-20-11/h7,10,19H,4-6,8-9H2,1-3H3/p+1/t14-,16?/m1/s1. The average Bonchev–Trinajstić information content (AvgIpc) is 2.79. The van der Waals surface area contributed by atoms with E-state index in [0.717, 1.165) is 0 Å². The lowest BCUT2D eigenvalue weighted by atomic mass is 9.95. The SMILES string of the molecule is CC(C)(C)[N+]1(C(=O)O)CCC[C@](O)(c2nccs2)CC1. The fourth-order valence-electron chi connectivity index (χ4n) is 3.07. The van der Waals surface area contributed by atoms with Crippen molar-refractivity contribution >= 4 is 17.4 Å². The molecule has 6 heteroatoms. The molecule has 0 spiro atoms. The van der Waals surface area contributed by atoms with Crippen molar-refractivity contribution in [2.75, 3.05) is 13.1 Å². The second-order valence-corrected chi connectivity index (χ2v) is 7.49. The van der Waals surface area contributed by atoms with Crippen LogP contribution in [0.2, 0.25) is 0 Å². The van der Waals surface area contributed by atoms with Gasteiger partial charge in [0.2, 0.25) is 0 Å². The molecule has 5 nitrogen and oxygen atoms in total. The number of likely N-dealkylation sites (tertiary alicyclic amines) is 1. The van der Waals surface area contributed by atoms with Crippen LogP contribution < -0.4 is 0 Å². The zero-order valence-corrected chi connectivity index (χ0v) is 13.1. The van der Waals surface area contributed by atoms with Crippen molar-refractivity contribution in [3.05, 3.63) is 16.6 Å². The third kappa shape index (κ3) is 2.47. The van der Waals surface area contributed by atoms with Crippen LogP contribution in [0.1, 0.15) is 45.0 Å². The summed E-state index contributed by atoms with van der Waals surface area (Å²) in [6, 6.07) is 0. The molecule has 1 aliphatic rings. The zero-order chi connectivity index (χ0) is 15.0. The molecular formula is C14H23N2O3S+. The molecule has 1 saturated heterocycles. The molecule has 1 amide bonds. The fourth-order valence-corrected chi connectivity index (χ4v) is 3.87. The Kier molecular flexibility index (Phi) is 3.92. The first kappa shape index (κ1) is 15.4. The lowest BCUT2D eigenvalue weighted by Gasteiger charge is -2.43. The summed E-state index contributed by atoms with van der Waals surface area (Å²) in [5, 5.41) is 23.1. The number of quaternary nitrogens is 1. The topological polar surface area (TPSA) is 70.4 Å². The van der Waals surface area contributed by atoms with Gasteiger partial charge in [-0.15, -0.1) is 11.3 Å². The highest BCUT2D eigenvalue weighted by molar-refractivity contribution is 7.09. The highest BCUT2D eigenvalue weighted by atomic mass is 32.1. The predicted molar refractivity (Wildman–Crippen MR) is 77.6 cm³/mol. The highest BCUT2D eigenvalue weighted by Crippen LogP contribution is 2.39. The minimum absolute atomic E-state index is 0.000680. The van der Waals surface area contributed by atoms with Crippen molar-refractivity contribution in [2.45, 2.75) is 51.2 Å². The number of carboxylic acid groups (broad SMARTS) is 1. The molecule has 2 heterocycles. The maximum Gasteiger partial charge on any atom is 0.513 e. The molecule has 112 valence electrons. The van der Waals surface area contributed by atoms with Crippen LogP contribution in [0.25, 0.3) is 0 Å². The predicted octanol–water partition coefficient (Wildman–Crippen LogP) is 2.81. The first-order valence-electron chi connectivity index (χ1n) is 6.94. The first-order chi connectivity index (χ1) is 9.21. The minimum atomic E-state index is -0.977. The van der Waals surface area contributed by atoms with Crippen LogP contribution in [0.3, 0.4) is 0 Å². The van der Waals surface area contributed by atoms with E-state index < -0.39 is 11.7 Å². The van der Waals surface area contributed by atoms with Crippen LogP contribution in [0.15, 0.2) is 11.6 Å². The quantitative estimate of drug-likeness (QED) is 0.782. The highest BCUT2D eigenvalue weighted by Gasteiger charge is 2.51. The minimum Gasteiger partial charge on any atom is -0.435 e. The molecule has 1 fully saturated rings. The number of nitrogens with zero attached hydrogens (tertiary/aromatic N) is 2. The van der Waals surface area contributed by atoms with Crippen molar-refractivity contribution < 1.29 is 19.5 Å². The Labute approximate surface area is 123 Å². The summed E-state index contributed by atoms with van der Waals surface area (Å²) in [6.07, 6.45) is 2.57. The van der Waals surface area contributed by atoms with E-state index in [9.17, 15) is 15.0 Å². The Morgan fingerprint density at radius 2 is 2.10 bits per heavy atom. The van der Waals surface area contributed by atoms with Gasteiger partial charge >= 0.3 is 6.09 Å². The van der Waals surface area contributed by atoms with E-state index in [0.29, 0.717) is 37.4 Å². The third-order valence-electron chi connectivity index (χ3n) is 4.52. The number of thiazole rings is 1. The number of amides is 1. The van der Waals surface area contributed by atoms with Gasteiger partial charge in [-0.3, -0.25) is 0 Å². The molecule has 1 aromatic rings. The molecular weight excluding hydrogens is 276 g/mol. The van der Waals surface area contributed by atoms with Crippen LogP contribution >= 0.6 is 11.3 Å². The molecule has 1 unspecified atom stereocenters. The van der Waals surface area contributed by atoms with Crippen LogP contribution in [-0.2, 0) is 5.60 Å². The largest absolute Gasteiger partial charge is 0.513 e. The van der Waals surface area contributed by atoms with Crippen LogP contribution in [0, 0.1) is 0 Å². The fraction of sp³-hybridized carbons (Fsp3) is 0.714. The normalized spacial score (nSPS) is 31.8. The second-order valence-electron chi connectivity index (χ2n) is 6.59. The monoisotopic (exact) mass is 299 g/mol. The molecule has 1 aliphatic heterocycles. The van der Waals surface area contributed by atoms with Crippen LogP contribution in [0.4, 0.5) is 4.79 Å². The Hall–Kier alpha value is -0.980. The van der Waals surface area contributed by atoms with Crippen molar-refractivity contribution in [2.24, 2.45) is 0 Å². The van der Waals surface area contributed by atoms with E-state index in [1.54, 1.807) is 6.20 Å². The first-order valence-corrected chi connectivity index (χ1v) is 7.82. The average molecular weight is 299 g/mol. The Balaban J connectivity index is 2.30. The van der Waals surface area contributed by atoms with E-state index in [4.69, 9.17) is 0 Å². The number of hydrogen-bond acceptors (Lipinski definition) is 4. The summed E-state index contributed by atoms with van der Waals surface area (Å²) in [7, 11) is 0. The van der Waals surface area contributed by atoms with Crippen LogP contribution in [-0.4, -0.2) is 44.4 Å². The molecule has 0 aromatic carbocycles. The van der Waals surface area contributed by atoms with E-state index in [2.05, 4.69) is 4.98 Å². The third-order valence-corrected chi connectivity index (χ3v) is 5.48. The van der Waals surface area contributed by atoms with Crippen molar-refractivity contribution in [3.63, 3.8) is 0 Å². The summed E-state index contributed by atoms with van der Waals surface area (Å²) in [5.41, 5.74) is -1.37. The van der Waals surface area contributed by atoms with E-state index in [-0.39, 0.29) is 10.0 Å². The number of carbonyl (C=O) groups is 1. The lowest BCUT2D eigenvalue weighted by Crippen LogP contribution is -2.63. The number of rotatable bonds is 1. The van der Waals surface area contributed by atoms with Gasteiger partial charge < -0.3 is 10.2 Å². The van der Waals surface area contributed by atoms with Crippen molar-refractivity contribution in [1.82, 2.24) is 4.98 Å². The number of aliphatic hydroxyl groups is 1. The Morgan fingerprint density at radius 3 is 2.60 bits per heavy atom. The second kappa shape index (κ2) is 5.09. The molecule has 0 aliphatic carbocycles. The molecule has 20 heavy (non-hydrogen) atoms. The van der Waals surface area contributed by atoms with Gasteiger partial charge in [0.1, 0.15) is 16.1 Å². The van der Waals surface area contributed by atoms with Gasteiger partial charge in [0.15, 0.2) is 0 Å². The summed E-state index contributed by atoms with van der Waals surface area (Å²) < 4.78 is 0.000680.